The molecule has 0 saturated carbocycles. The third kappa shape index (κ3) is 2.07. The maximum atomic E-state index is 4.50. The molecule has 0 spiro atoms. The number of nitrogens with zero attached hydrogens (tertiary/aromatic N) is 1. The second-order valence-corrected chi connectivity index (χ2v) is 3.52. The molecule has 0 aliphatic heterocycles. The highest BCUT2D eigenvalue weighted by Gasteiger charge is 2.04. The Kier molecular flexibility index (Phi) is 2.85. The summed E-state index contributed by atoms with van der Waals surface area (Å²) in [5, 5.41) is 0. The van der Waals surface area contributed by atoms with Crippen molar-refractivity contribution in [1.82, 2.24) is 4.98 Å². The number of hydrogen-bond donors (Lipinski definition) is 0. The normalized spacial score (nSPS) is 13.0. The van der Waals surface area contributed by atoms with E-state index in [9.17, 15) is 0 Å². The van der Waals surface area contributed by atoms with E-state index in [-0.39, 0.29) is 0 Å². The van der Waals surface area contributed by atoms with E-state index >= 15 is 0 Å². The average Bonchev–Trinajstić information content (AvgIpc) is 2.01. The Hall–Kier alpha value is -0.850. The van der Waals surface area contributed by atoms with Crippen LogP contribution in [0.4, 0.5) is 0 Å². The van der Waals surface area contributed by atoms with Crippen LogP contribution in [0.5, 0.6) is 0 Å². The van der Waals surface area contributed by atoms with Gasteiger partial charge >= 0.3 is 0 Å². The standard InChI is InChI=1S/C11H17N/c1-5-9(3)11-7-8(2)6-10(4)12-11/h6-7,9H,5H2,1-4H3. The van der Waals surface area contributed by atoms with E-state index < -0.39 is 0 Å². The van der Waals surface area contributed by atoms with Crippen LogP contribution in [0.15, 0.2) is 12.1 Å². The van der Waals surface area contributed by atoms with Crippen LogP contribution in [0.25, 0.3) is 0 Å². The van der Waals surface area contributed by atoms with Crippen molar-refractivity contribution in [2.75, 3.05) is 0 Å². The molecule has 0 fully saturated rings. The fourth-order valence-electron chi connectivity index (χ4n) is 1.33. The summed E-state index contributed by atoms with van der Waals surface area (Å²) < 4.78 is 0. The van der Waals surface area contributed by atoms with Gasteiger partial charge in [-0.1, -0.05) is 13.8 Å². The molecule has 0 aliphatic carbocycles. The zero-order valence-corrected chi connectivity index (χ0v) is 8.39. The second-order valence-electron chi connectivity index (χ2n) is 3.52. The van der Waals surface area contributed by atoms with Crippen LogP contribution in [0.3, 0.4) is 0 Å². The Bertz CT molecular complexity index is 245. The Morgan fingerprint density at radius 3 is 2.50 bits per heavy atom. The first-order valence-electron chi connectivity index (χ1n) is 4.58. The summed E-state index contributed by atoms with van der Waals surface area (Å²) in [6.45, 7) is 8.60. The number of aryl methyl sites for hydroxylation is 2. The Morgan fingerprint density at radius 1 is 1.33 bits per heavy atom. The summed E-state index contributed by atoms with van der Waals surface area (Å²) in [4.78, 5) is 4.50. The van der Waals surface area contributed by atoms with Gasteiger partial charge < -0.3 is 0 Å². The summed E-state index contributed by atoms with van der Waals surface area (Å²) in [6.07, 6.45) is 1.16. The van der Waals surface area contributed by atoms with Crippen LogP contribution in [-0.2, 0) is 0 Å². The van der Waals surface area contributed by atoms with Crippen molar-refractivity contribution in [2.45, 2.75) is 40.0 Å². The minimum Gasteiger partial charge on any atom is -0.258 e. The van der Waals surface area contributed by atoms with Crippen LogP contribution < -0.4 is 0 Å². The number of hydrogen-bond acceptors (Lipinski definition) is 1. The van der Waals surface area contributed by atoms with Gasteiger partial charge in [0.2, 0.25) is 0 Å². The van der Waals surface area contributed by atoms with E-state index in [1.54, 1.807) is 0 Å². The molecule has 1 nitrogen and oxygen atoms in total. The Morgan fingerprint density at radius 2 is 2.00 bits per heavy atom. The monoisotopic (exact) mass is 163 g/mol. The lowest BCUT2D eigenvalue weighted by Crippen LogP contribution is -1.97. The van der Waals surface area contributed by atoms with Gasteiger partial charge in [-0.05, 0) is 43.9 Å². The van der Waals surface area contributed by atoms with Crippen molar-refractivity contribution < 1.29 is 0 Å². The summed E-state index contributed by atoms with van der Waals surface area (Å²) in [5.41, 5.74) is 3.68. The van der Waals surface area contributed by atoms with Gasteiger partial charge in [0, 0.05) is 11.4 Å². The van der Waals surface area contributed by atoms with Crippen LogP contribution >= 0.6 is 0 Å². The molecule has 0 bridgehead atoms. The van der Waals surface area contributed by atoms with E-state index in [1.165, 1.54) is 11.3 Å². The quantitative estimate of drug-likeness (QED) is 0.652. The Balaban J connectivity index is 3.00. The number of pyridine rings is 1. The SMILES string of the molecule is CCC(C)c1cc(C)cc(C)n1. The molecule has 1 heterocycles. The number of aromatic nitrogens is 1. The van der Waals surface area contributed by atoms with E-state index in [1.807, 2.05) is 0 Å². The molecule has 1 atom stereocenters. The predicted octanol–water partition coefficient (Wildman–Crippen LogP) is 3.21. The number of rotatable bonds is 2. The third-order valence-electron chi connectivity index (χ3n) is 2.23. The zero-order valence-electron chi connectivity index (χ0n) is 8.39. The van der Waals surface area contributed by atoms with Crippen molar-refractivity contribution in [3.05, 3.63) is 29.1 Å². The lowest BCUT2D eigenvalue weighted by molar-refractivity contribution is 0.704. The zero-order chi connectivity index (χ0) is 9.14. The lowest BCUT2D eigenvalue weighted by atomic mass is 10.0. The van der Waals surface area contributed by atoms with Crippen LogP contribution in [0.2, 0.25) is 0 Å². The van der Waals surface area contributed by atoms with Gasteiger partial charge in [-0.3, -0.25) is 4.98 Å². The largest absolute Gasteiger partial charge is 0.258 e. The fraction of sp³-hybridized carbons (Fsp3) is 0.545. The Labute approximate surface area is 74.8 Å². The van der Waals surface area contributed by atoms with Crippen molar-refractivity contribution in [2.24, 2.45) is 0 Å². The smallest absolute Gasteiger partial charge is 0.0437 e. The van der Waals surface area contributed by atoms with E-state index in [2.05, 4.69) is 44.8 Å². The molecule has 1 aromatic heterocycles. The van der Waals surface area contributed by atoms with Crippen LogP contribution in [0.1, 0.15) is 43.1 Å². The molecule has 0 aromatic carbocycles. The maximum absolute atomic E-state index is 4.50. The van der Waals surface area contributed by atoms with Crippen LogP contribution in [-0.4, -0.2) is 4.98 Å². The summed E-state index contributed by atoms with van der Waals surface area (Å²) in [5.74, 6) is 0.587. The van der Waals surface area contributed by atoms with Gasteiger partial charge in [0.05, 0.1) is 0 Å². The first-order valence-corrected chi connectivity index (χ1v) is 4.58. The molecule has 0 amide bonds. The third-order valence-corrected chi connectivity index (χ3v) is 2.23. The van der Waals surface area contributed by atoms with E-state index in [0.29, 0.717) is 5.92 Å². The first-order chi connectivity index (χ1) is 5.63. The molecule has 66 valence electrons. The summed E-state index contributed by atoms with van der Waals surface area (Å²) >= 11 is 0. The van der Waals surface area contributed by atoms with Crippen molar-refractivity contribution in [1.29, 1.82) is 0 Å². The second kappa shape index (κ2) is 3.70. The molecular weight excluding hydrogens is 146 g/mol. The van der Waals surface area contributed by atoms with Gasteiger partial charge in [0.25, 0.3) is 0 Å². The summed E-state index contributed by atoms with van der Waals surface area (Å²) in [7, 11) is 0. The minimum absolute atomic E-state index is 0.587. The van der Waals surface area contributed by atoms with Crippen molar-refractivity contribution in [3.63, 3.8) is 0 Å². The molecule has 0 saturated heterocycles. The average molecular weight is 163 g/mol. The van der Waals surface area contributed by atoms with Gasteiger partial charge in [-0.15, -0.1) is 0 Å². The topological polar surface area (TPSA) is 12.9 Å². The van der Waals surface area contributed by atoms with Crippen molar-refractivity contribution in [3.8, 4) is 0 Å². The minimum atomic E-state index is 0.587. The van der Waals surface area contributed by atoms with E-state index in [4.69, 9.17) is 0 Å². The molecule has 0 radical (unpaired) electrons. The highest BCUT2D eigenvalue weighted by atomic mass is 14.7. The molecule has 12 heavy (non-hydrogen) atoms. The summed E-state index contributed by atoms with van der Waals surface area (Å²) in [6, 6.07) is 4.30. The highest BCUT2D eigenvalue weighted by molar-refractivity contribution is 5.21. The first kappa shape index (κ1) is 9.24. The van der Waals surface area contributed by atoms with Crippen molar-refractivity contribution >= 4 is 0 Å². The van der Waals surface area contributed by atoms with Crippen LogP contribution in [0, 0.1) is 13.8 Å². The van der Waals surface area contributed by atoms with Gasteiger partial charge in [-0.25, -0.2) is 0 Å². The molecule has 1 aromatic rings. The lowest BCUT2D eigenvalue weighted by Gasteiger charge is -2.09. The highest BCUT2D eigenvalue weighted by Crippen LogP contribution is 2.17. The molecule has 1 heteroatoms. The molecule has 1 rings (SSSR count). The molecule has 0 aliphatic rings. The van der Waals surface area contributed by atoms with E-state index in [0.717, 1.165) is 12.1 Å². The molecule has 0 N–H and O–H groups in total. The molecular formula is C11H17N. The van der Waals surface area contributed by atoms with Gasteiger partial charge in [0.1, 0.15) is 0 Å². The predicted molar refractivity (Wildman–Crippen MR) is 52.4 cm³/mol. The van der Waals surface area contributed by atoms with Gasteiger partial charge in [0.15, 0.2) is 0 Å². The molecule has 1 unspecified atom stereocenters. The maximum Gasteiger partial charge on any atom is 0.0437 e. The fourth-order valence-corrected chi connectivity index (χ4v) is 1.33. The van der Waals surface area contributed by atoms with Gasteiger partial charge in [-0.2, -0.15) is 0 Å².